The Morgan fingerprint density at radius 3 is 2.50 bits per heavy atom. The fraction of sp³-hybridized carbons (Fsp3) is 0.571. The molecular weight excluding hydrogens is 201 g/mol. The average Bonchev–Trinajstić information content (AvgIpc) is 2.21. The van der Waals surface area contributed by atoms with Crippen LogP contribution in [-0.4, -0.2) is 0 Å². The minimum atomic E-state index is -0.155. The Morgan fingerprint density at radius 1 is 1.25 bits per heavy atom. The Labute approximate surface area is 97.9 Å². The summed E-state index contributed by atoms with van der Waals surface area (Å²) in [5, 5.41) is 0. The molecule has 0 heterocycles. The summed E-state index contributed by atoms with van der Waals surface area (Å²) >= 11 is 0. The lowest BCUT2D eigenvalue weighted by Crippen LogP contribution is -2.11. The van der Waals surface area contributed by atoms with Crippen LogP contribution in [0.2, 0.25) is 0 Å². The van der Waals surface area contributed by atoms with Crippen LogP contribution in [0.4, 0.5) is 4.39 Å². The van der Waals surface area contributed by atoms with Crippen molar-refractivity contribution in [2.75, 3.05) is 0 Å². The molecule has 90 valence electrons. The average molecular weight is 223 g/mol. The fourth-order valence-corrected chi connectivity index (χ4v) is 1.81. The third kappa shape index (κ3) is 3.93. The van der Waals surface area contributed by atoms with Gasteiger partial charge < -0.3 is 5.73 Å². The summed E-state index contributed by atoms with van der Waals surface area (Å²) in [5.74, 6) is 0.570. The molecule has 0 saturated carbocycles. The number of rotatable bonds is 5. The highest BCUT2D eigenvalue weighted by Crippen LogP contribution is 2.20. The molecule has 2 N–H and O–H groups in total. The van der Waals surface area contributed by atoms with Crippen molar-refractivity contribution in [3.8, 4) is 0 Å². The van der Waals surface area contributed by atoms with Gasteiger partial charge in [0, 0.05) is 6.04 Å². The van der Waals surface area contributed by atoms with Crippen molar-refractivity contribution in [3.05, 3.63) is 35.1 Å². The molecular formula is C14H22FN. The minimum Gasteiger partial charge on any atom is -0.324 e. The Balaban J connectivity index is 2.52. The maximum Gasteiger partial charge on any atom is 0.126 e. The zero-order valence-corrected chi connectivity index (χ0v) is 10.5. The SMILES string of the molecule is Cc1cc(C(N)CCCC(C)C)ccc1F. The van der Waals surface area contributed by atoms with Crippen molar-refractivity contribution in [1.82, 2.24) is 0 Å². The second-order valence-corrected chi connectivity index (χ2v) is 4.94. The molecule has 1 atom stereocenters. The molecule has 0 amide bonds. The van der Waals surface area contributed by atoms with Gasteiger partial charge >= 0.3 is 0 Å². The quantitative estimate of drug-likeness (QED) is 0.803. The van der Waals surface area contributed by atoms with E-state index in [-0.39, 0.29) is 11.9 Å². The first kappa shape index (κ1) is 13.2. The van der Waals surface area contributed by atoms with E-state index in [1.54, 1.807) is 13.0 Å². The first-order valence-corrected chi connectivity index (χ1v) is 6.02. The topological polar surface area (TPSA) is 26.0 Å². The van der Waals surface area contributed by atoms with Crippen LogP contribution in [0.25, 0.3) is 0 Å². The molecule has 0 radical (unpaired) electrons. The van der Waals surface area contributed by atoms with Gasteiger partial charge in [0.1, 0.15) is 5.82 Å². The summed E-state index contributed by atoms with van der Waals surface area (Å²) in [6.07, 6.45) is 3.31. The van der Waals surface area contributed by atoms with E-state index < -0.39 is 0 Å². The van der Waals surface area contributed by atoms with E-state index >= 15 is 0 Å². The van der Waals surface area contributed by atoms with Gasteiger partial charge in [0.25, 0.3) is 0 Å². The minimum absolute atomic E-state index is 0.0399. The summed E-state index contributed by atoms with van der Waals surface area (Å²) in [6.45, 7) is 6.21. The standard InChI is InChI=1S/C14H22FN/c1-10(2)5-4-6-14(16)12-7-8-13(15)11(3)9-12/h7-10,14H,4-6,16H2,1-3H3. The number of aryl methyl sites for hydroxylation is 1. The summed E-state index contributed by atoms with van der Waals surface area (Å²) in [6, 6.07) is 5.20. The van der Waals surface area contributed by atoms with E-state index in [0.29, 0.717) is 5.56 Å². The van der Waals surface area contributed by atoms with Gasteiger partial charge in [-0.15, -0.1) is 0 Å². The third-order valence-corrected chi connectivity index (χ3v) is 2.91. The molecule has 0 saturated heterocycles. The van der Waals surface area contributed by atoms with Gasteiger partial charge in [-0.2, -0.15) is 0 Å². The highest BCUT2D eigenvalue weighted by Gasteiger charge is 2.08. The highest BCUT2D eigenvalue weighted by molar-refractivity contribution is 5.26. The lowest BCUT2D eigenvalue weighted by molar-refractivity contribution is 0.505. The van der Waals surface area contributed by atoms with Gasteiger partial charge in [-0.25, -0.2) is 4.39 Å². The number of nitrogens with two attached hydrogens (primary N) is 1. The Morgan fingerprint density at radius 2 is 1.94 bits per heavy atom. The largest absolute Gasteiger partial charge is 0.324 e. The molecule has 1 rings (SSSR count). The van der Waals surface area contributed by atoms with Gasteiger partial charge in [-0.05, 0) is 36.5 Å². The van der Waals surface area contributed by atoms with E-state index in [0.717, 1.165) is 24.3 Å². The second kappa shape index (κ2) is 6.00. The number of hydrogen-bond acceptors (Lipinski definition) is 1. The van der Waals surface area contributed by atoms with E-state index in [1.807, 2.05) is 6.07 Å². The molecule has 16 heavy (non-hydrogen) atoms. The summed E-state index contributed by atoms with van der Waals surface area (Å²) in [4.78, 5) is 0. The van der Waals surface area contributed by atoms with Crippen LogP contribution >= 0.6 is 0 Å². The van der Waals surface area contributed by atoms with Gasteiger partial charge in [-0.3, -0.25) is 0 Å². The zero-order chi connectivity index (χ0) is 12.1. The molecule has 0 aliphatic carbocycles. The molecule has 1 nitrogen and oxygen atoms in total. The number of halogens is 1. The van der Waals surface area contributed by atoms with Crippen molar-refractivity contribution in [1.29, 1.82) is 0 Å². The lowest BCUT2D eigenvalue weighted by Gasteiger charge is -2.13. The molecule has 0 aromatic heterocycles. The second-order valence-electron chi connectivity index (χ2n) is 4.94. The first-order valence-electron chi connectivity index (χ1n) is 6.02. The molecule has 0 spiro atoms. The van der Waals surface area contributed by atoms with Crippen molar-refractivity contribution in [2.45, 2.75) is 46.1 Å². The first-order chi connectivity index (χ1) is 7.50. The van der Waals surface area contributed by atoms with Crippen molar-refractivity contribution in [3.63, 3.8) is 0 Å². The summed E-state index contributed by atoms with van der Waals surface area (Å²) in [7, 11) is 0. The molecule has 0 fully saturated rings. The van der Waals surface area contributed by atoms with Gasteiger partial charge in [0.15, 0.2) is 0 Å². The smallest absolute Gasteiger partial charge is 0.126 e. The van der Waals surface area contributed by atoms with Crippen LogP contribution in [-0.2, 0) is 0 Å². The van der Waals surface area contributed by atoms with Crippen molar-refractivity contribution < 1.29 is 4.39 Å². The van der Waals surface area contributed by atoms with Crippen LogP contribution in [0.1, 0.15) is 50.3 Å². The molecule has 0 bridgehead atoms. The van der Waals surface area contributed by atoms with Crippen LogP contribution in [0.3, 0.4) is 0 Å². The van der Waals surface area contributed by atoms with E-state index in [9.17, 15) is 4.39 Å². The molecule has 0 aliphatic heterocycles. The lowest BCUT2D eigenvalue weighted by atomic mass is 9.97. The van der Waals surface area contributed by atoms with Crippen LogP contribution in [0, 0.1) is 18.7 Å². The Hall–Kier alpha value is -0.890. The van der Waals surface area contributed by atoms with E-state index in [2.05, 4.69) is 13.8 Å². The van der Waals surface area contributed by atoms with Gasteiger partial charge in [0.05, 0.1) is 0 Å². The van der Waals surface area contributed by atoms with Crippen LogP contribution in [0.5, 0.6) is 0 Å². The monoisotopic (exact) mass is 223 g/mol. The molecule has 1 aromatic carbocycles. The summed E-state index contributed by atoms with van der Waals surface area (Å²) < 4.78 is 13.1. The molecule has 2 heteroatoms. The fourth-order valence-electron chi connectivity index (χ4n) is 1.81. The maximum atomic E-state index is 13.1. The highest BCUT2D eigenvalue weighted by atomic mass is 19.1. The van der Waals surface area contributed by atoms with E-state index in [4.69, 9.17) is 5.73 Å². The molecule has 0 aliphatic rings. The third-order valence-electron chi connectivity index (χ3n) is 2.91. The Bertz CT molecular complexity index is 334. The van der Waals surface area contributed by atoms with E-state index in [1.165, 1.54) is 12.5 Å². The van der Waals surface area contributed by atoms with Gasteiger partial charge in [-0.1, -0.05) is 38.8 Å². The zero-order valence-electron chi connectivity index (χ0n) is 10.5. The van der Waals surface area contributed by atoms with Crippen LogP contribution in [0.15, 0.2) is 18.2 Å². The van der Waals surface area contributed by atoms with Crippen LogP contribution < -0.4 is 5.73 Å². The Kier molecular flexibility index (Phi) is 4.94. The van der Waals surface area contributed by atoms with Crippen molar-refractivity contribution in [2.24, 2.45) is 11.7 Å². The predicted molar refractivity (Wildman–Crippen MR) is 66.8 cm³/mol. The van der Waals surface area contributed by atoms with Crippen molar-refractivity contribution >= 4 is 0 Å². The normalized spacial score (nSPS) is 13.1. The molecule has 1 aromatic rings. The molecule has 1 unspecified atom stereocenters. The maximum absolute atomic E-state index is 13.1. The number of hydrogen-bond donors (Lipinski definition) is 1. The predicted octanol–water partition coefficient (Wildman–Crippen LogP) is 3.96. The van der Waals surface area contributed by atoms with Gasteiger partial charge in [0.2, 0.25) is 0 Å². The number of benzene rings is 1. The summed E-state index contributed by atoms with van der Waals surface area (Å²) in [5.41, 5.74) is 7.80.